The second kappa shape index (κ2) is 45.5. The second-order valence-corrected chi connectivity index (χ2v) is 23.0. The van der Waals surface area contributed by atoms with Crippen LogP contribution in [-0.2, 0) is 4.79 Å². The van der Waals surface area contributed by atoms with E-state index in [-0.39, 0.29) is 11.8 Å². The van der Waals surface area contributed by atoms with Crippen LogP contribution in [0.4, 0.5) is 11.4 Å². The van der Waals surface area contributed by atoms with Crippen molar-refractivity contribution in [2.75, 3.05) is 24.3 Å². The number of anilines is 2. The Morgan fingerprint density at radius 3 is 0.987 bits per heavy atom. The number of aryl methyl sites for hydroxylation is 1. The van der Waals surface area contributed by atoms with Crippen LogP contribution in [0, 0.1) is 13.8 Å². The van der Waals surface area contributed by atoms with Gasteiger partial charge < -0.3 is 20.5 Å². The van der Waals surface area contributed by atoms with E-state index in [0.717, 1.165) is 89.6 Å². The van der Waals surface area contributed by atoms with Crippen molar-refractivity contribution >= 4 is 17.3 Å². The minimum atomic E-state index is -0.147. The lowest BCUT2D eigenvalue weighted by molar-refractivity contribution is -0.116. The molecule has 0 aliphatic carbocycles. The zero-order valence-corrected chi connectivity index (χ0v) is 49.9. The van der Waals surface area contributed by atoms with Crippen molar-refractivity contribution in [2.24, 2.45) is 0 Å². The smallest absolute Gasteiger partial charge is 0.224 e. The molecule has 1 amide bonds. The van der Waals surface area contributed by atoms with Crippen molar-refractivity contribution in [3.8, 4) is 11.5 Å². The molecule has 0 spiro atoms. The SMILES string of the molecule is CCCCCCCCCCCCCCCCCCCCCCOc1ccc(C(c2ccc(OCCCCCCCCCCCCCCCCCCCCCC)cc2)c2c(NC(=O)CCCC)cc(C)c(N)c2C)cc1. The number of nitrogens with two attached hydrogens (primary N) is 1. The molecule has 3 aromatic carbocycles. The molecule has 5 heteroatoms. The number of carbonyl (C=O) groups is 1. The highest BCUT2D eigenvalue weighted by Crippen LogP contribution is 2.42. The number of nitrogen functional groups attached to an aromatic ring is 1. The Morgan fingerprint density at radius 2 is 0.693 bits per heavy atom. The Bertz CT molecular complexity index is 1700. The molecule has 426 valence electrons. The second-order valence-electron chi connectivity index (χ2n) is 23.0. The molecule has 3 N–H and O–H groups in total. The quantitative estimate of drug-likeness (QED) is 0.0336. The van der Waals surface area contributed by atoms with Gasteiger partial charge in [-0.2, -0.15) is 0 Å². The van der Waals surface area contributed by atoms with E-state index in [4.69, 9.17) is 15.2 Å². The summed E-state index contributed by atoms with van der Waals surface area (Å²) in [5.41, 5.74) is 13.7. The van der Waals surface area contributed by atoms with Gasteiger partial charge >= 0.3 is 0 Å². The summed E-state index contributed by atoms with van der Waals surface area (Å²) < 4.78 is 12.6. The minimum absolute atomic E-state index is 0.0444. The first-order valence-corrected chi connectivity index (χ1v) is 32.5. The van der Waals surface area contributed by atoms with Crippen molar-refractivity contribution in [3.05, 3.63) is 82.4 Å². The van der Waals surface area contributed by atoms with Crippen molar-refractivity contribution in [2.45, 2.75) is 317 Å². The largest absolute Gasteiger partial charge is 0.494 e. The molecule has 0 unspecified atom stereocenters. The summed E-state index contributed by atoms with van der Waals surface area (Å²) >= 11 is 0. The number of hydrogen-bond acceptors (Lipinski definition) is 4. The third-order valence-corrected chi connectivity index (χ3v) is 16.2. The molecule has 0 bridgehead atoms. The van der Waals surface area contributed by atoms with E-state index in [2.05, 4.69) is 87.6 Å². The molecule has 0 aliphatic rings. The lowest BCUT2D eigenvalue weighted by atomic mass is 9.81. The fourth-order valence-electron chi connectivity index (χ4n) is 11.2. The van der Waals surface area contributed by atoms with Gasteiger partial charge in [0.15, 0.2) is 0 Å². The molecule has 75 heavy (non-hydrogen) atoms. The first kappa shape index (κ1) is 65.8. The highest BCUT2D eigenvalue weighted by Gasteiger charge is 2.25. The third-order valence-electron chi connectivity index (χ3n) is 16.2. The molecule has 0 saturated carbocycles. The predicted molar refractivity (Wildman–Crippen MR) is 329 cm³/mol. The molecule has 0 atom stereocenters. The van der Waals surface area contributed by atoms with E-state index in [9.17, 15) is 4.79 Å². The summed E-state index contributed by atoms with van der Waals surface area (Å²) in [5.74, 6) is 1.70. The standard InChI is InChI=1S/C70H118N2O3/c1-6-9-12-14-16-18-20-22-24-26-28-30-32-34-36-38-40-42-44-46-57-74-64-53-49-62(50-54-64)69(68-61(5)70(71)60(4)59-66(68)72-67(73)48-11-8-3)63-51-55-65(56-52-63)75-58-47-45-43-41-39-37-35-33-31-29-27-25-23-21-19-17-15-13-10-7-2/h49-56,59,69H,6-48,57-58,71H2,1-5H3,(H,72,73). The van der Waals surface area contributed by atoms with Gasteiger partial charge in [0.1, 0.15) is 11.5 Å². The van der Waals surface area contributed by atoms with Gasteiger partial charge in [-0.1, -0.05) is 295 Å². The van der Waals surface area contributed by atoms with Gasteiger partial charge in [-0.3, -0.25) is 4.79 Å². The molecule has 0 radical (unpaired) electrons. The van der Waals surface area contributed by atoms with Crippen LogP contribution in [0.15, 0.2) is 54.6 Å². The number of amides is 1. The summed E-state index contributed by atoms with van der Waals surface area (Å²) in [4.78, 5) is 13.3. The highest BCUT2D eigenvalue weighted by atomic mass is 16.5. The number of unbranched alkanes of at least 4 members (excludes halogenated alkanes) is 39. The van der Waals surface area contributed by atoms with Crippen LogP contribution in [0.1, 0.15) is 331 Å². The summed E-state index contributed by atoms with van der Waals surface area (Å²) in [6.07, 6.45) is 57.8. The van der Waals surface area contributed by atoms with Crippen LogP contribution in [0.5, 0.6) is 11.5 Å². The Labute approximate surface area is 464 Å². The Morgan fingerprint density at radius 1 is 0.413 bits per heavy atom. The van der Waals surface area contributed by atoms with Gasteiger partial charge in [0.2, 0.25) is 5.91 Å². The van der Waals surface area contributed by atoms with Crippen LogP contribution in [0.25, 0.3) is 0 Å². The topological polar surface area (TPSA) is 73.6 Å². The fourth-order valence-corrected chi connectivity index (χ4v) is 11.2. The molecule has 0 fully saturated rings. The Hall–Kier alpha value is -3.47. The maximum Gasteiger partial charge on any atom is 0.224 e. The summed E-state index contributed by atoms with van der Waals surface area (Å²) in [6, 6.07) is 19.3. The van der Waals surface area contributed by atoms with Gasteiger partial charge in [-0.05, 0) is 91.3 Å². The van der Waals surface area contributed by atoms with Gasteiger partial charge in [0.05, 0.1) is 13.2 Å². The first-order valence-electron chi connectivity index (χ1n) is 32.5. The van der Waals surface area contributed by atoms with E-state index in [1.165, 1.54) is 244 Å². The molecule has 0 heterocycles. The average molecular weight is 1040 g/mol. The molecule has 5 nitrogen and oxygen atoms in total. The lowest BCUT2D eigenvalue weighted by Gasteiger charge is -2.26. The van der Waals surface area contributed by atoms with Crippen molar-refractivity contribution in [1.29, 1.82) is 0 Å². The number of carbonyl (C=O) groups excluding carboxylic acids is 1. The average Bonchev–Trinajstić information content (AvgIpc) is 3.42. The highest BCUT2D eigenvalue weighted by molar-refractivity contribution is 5.93. The molecular weight excluding hydrogens is 917 g/mol. The number of nitrogens with one attached hydrogen (secondary N) is 1. The van der Waals surface area contributed by atoms with Crippen LogP contribution < -0.4 is 20.5 Å². The number of ether oxygens (including phenoxy) is 2. The van der Waals surface area contributed by atoms with E-state index < -0.39 is 0 Å². The predicted octanol–water partition coefficient (Wildman–Crippen LogP) is 22.6. The first-order chi connectivity index (χ1) is 36.9. The van der Waals surface area contributed by atoms with E-state index in [0.29, 0.717) is 6.42 Å². The van der Waals surface area contributed by atoms with Gasteiger partial charge in [0.25, 0.3) is 0 Å². The Balaban J connectivity index is 1.39. The molecule has 0 aliphatic heterocycles. The monoisotopic (exact) mass is 1030 g/mol. The summed E-state index contributed by atoms with van der Waals surface area (Å²) in [5, 5.41) is 3.31. The number of rotatable bonds is 51. The van der Waals surface area contributed by atoms with Crippen molar-refractivity contribution in [3.63, 3.8) is 0 Å². The summed E-state index contributed by atoms with van der Waals surface area (Å²) in [6.45, 7) is 12.3. The van der Waals surface area contributed by atoms with E-state index in [1.54, 1.807) is 0 Å². The minimum Gasteiger partial charge on any atom is -0.494 e. The zero-order valence-electron chi connectivity index (χ0n) is 49.9. The van der Waals surface area contributed by atoms with Crippen molar-refractivity contribution in [1.82, 2.24) is 0 Å². The van der Waals surface area contributed by atoms with Gasteiger partial charge in [0, 0.05) is 23.7 Å². The van der Waals surface area contributed by atoms with E-state index >= 15 is 0 Å². The third kappa shape index (κ3) is 31.5. The molecule has 0 saturated heterocycles. The summed E-state index contributed by atoms with van der Waals surface area (Å²) in [7, 11) is 0. The normalized spacial score (nSPS) is 11.5. The molecule has 3 rings (SSSR count). The van der Waals surface area contributed by atoms with Crippen LogP contribution in [0.2, 0.25) is 0 Å². The number of hydrogen-bond donors (Lipinski definition) is 2. The molecule has 0 aromatic heterocycles. The van der Waals surface area contributed by atoms with Crippen LogP contribution >= 0.6 is 0 Å². The molecular formula is C70H118N2O3. The van der Waals surface area contributed by atoms with E-state index in [1.807, 2.05) is 6.92 Å². The number of benzene rings is 3. The fraction of sp³-hybridized carbons (Fsp3) is 0.729. The molecule has 3 aromatic rings. The van der Waals surface area contributed by atoms with Crippen LogP contribution in [0.3, 0.4) is 0 Å². The van der Waals surface area contributed by atoms with Gasteiger partial charge in [-0.25, -0.2) is 0 Å². The maximum absolute atomic E-state index is 13.3. The zero-order chi connectivity index (χ0) is 53.7. The maximum atomic E-state index is 13.3. The van der Waals surface area contributed by atoms with Crippen LogP contribution in [-0.4, -0.2) is 19.1 Å². The van der Waals surface area contributed by atoms with Crippen molar-refractivity contribution < 1.29 is 14.3 Å². The lowest BCUT2D eigenvalue weighted by Crippen LogP contribution is -2.17. The van der Waals surface area contributed by atoms with Gasteiger partial charge in [-0.15, -0.1) is 0 Å². The Kier molecular flexibility index (Phi) is 40.0.